The molecule has 3 rings (SSSR count). The standard InChI is InChI=1S/C15H11F2N3/c16-13-6-2-7-14(17)15(13)19-11-4-1-5-12(10-11)20-9-3-8-18-20/h1-10,19H. The van der Waals surface area contributed by atoms with Crippen LogP contribution in [0.4, 0.5) is 20.2 Å². The third kappa shape index (κ3) is 2.38. The molecule has 0 saturated heterocycles. The number of rotatable bonds is 3. The molecule has 0 saturated carbocycles. The van der Waals surface area contributed by atoms with Crippen molar-refractivity contribution >= 4 is 11.4 Å². The highest BCUT2D eigenvalue weighted by atomic mass is 19.1. The normalized spacial score (nSPS) is 10.5. The lowest BCUT2D eigenvalue weighted by molar-refractivity contribution is 0.591. The van der Waals surface area contributed by atoms with E-state index in [-0.39, 0.29) is 5.69 Å². The van der Waals surface area contributed by atoms with Crippen LogP contribution >= 0.6 is 0 Å². The monoisotopic (exact) mass is 271 g/mol. The van der Waals surface area contributed by atoms with E-state index in [1.165, 1.54) is 18.2 Å². The van der Waals surface area contributed by atoms with Gasteiger partial charge in [-0.1, -0.05) is 12.1 Å². The molecule has 3 aromatic rings. The molecule has 1 aromatic heterocycles. The molecule has 100 valence electrons. The fourth-order valence-electron chi connectivity index (χ4n) is 1.91. The molecule has 0 bridgehead atoms. The number of halogens is 2. The number of para-hydroxylation sites is 1. The maximum Gasteiger partial charge on any atom is 0.149 e. The minimum atomic E-state index is -0.630. The van der Waals surface area contributed by atoms with Gasteiger partial charge in [-0.15, -0.1) is 0 Å². The predicted octanol–water partition coefficient (Wildman–Crippen LogP) is 3.89. The Bertz CT molecular complexity index is 703. The van der Waals surface area contributed by atoms with Crippen LogP contribution in [-0.4, -0.2) is 9.78 Å². The van der Waals surface area contributed by atoms with Crippen LogP contribution in [0.5, 0.6) is 0 Å². The largest absolute Gasteiger partial charge is 0.351 e. The van der Waals surface area contributed by atoms with Gasteiger partial charge in [0.2, 0.25) is 0 Å². The van der Waals surface area contributed by atoms with Gasteiger partial charge in [0.25, 0.3) is 0 Å². The number of benzene rings is 2. The van der Waals surface area contributed by atoms with Crippen molar-refractivity contribution in [2.45, 2.75) is 0 Å². The Labute approximate surface area is 114 Å². The van der Waals surface area contributed by atoms with E-state index in [2.05, 4.69) is 10.4 Å². The topological polar surface area (TPSA) is 29.9 Å². The zero-order chi connectivity index (χ0) is 13.9. The molecule has 5 heteroatoms. The maximum absolute atomic E-state index is 13.6. The Hall–Kier alpha value is -2.69. The van der Waals surface area contributed by atoms with E-state index < -0.39 is 11.6 Å². The first-order chi connectivity index (χ1) is 9.74. The van der Waals surface area contributed by atoms with Crippen molar-refractivity contribution in [2.24, 2.45) is 0 Å². The summed E-state index contributed by atoms with van der Waals surface area (Å²) in [4.78, 5) is 0. The van der Waals surface area contributed by atoms with Gasteiger partial charge in [-0.2, -0.15) is 5.10 Å². The van der Waals surface area contributed by atoms with E-state index >= 15 is 0 Å². The summed E-state index contributed by atoms with van der Waals surface area (Å²) in [5.74, 6) is -1.26. The summed E-state index contributed by atoms with van der Waals surface area (Å²) in [5, 5.41) is 6.86. The van der Waals surface area contributed by atoms with Crippen LogP contribution in [0, 0.1) is 11.6 Å². The van der Waals surface area contributed by atoms with E-state index in [0.29, 0.717) is 5.69 Å². The number of nitrogens with one attached hydrogen (secondary N) is 1. The van der Waals surface area contributed by atoms with Crippen molar-refractivity contribution in [1.82, 2.24) is 9.78 Å². The van der Waals surface area contributed by atoms with Crippen LogP contribution in [0.1, 0.15) is 0 Å². The lowest BCUT2D eigenvalue weighted by atomic mass is 10.2. The summed E-state index contributed by atoms with van der Waals surface area (Å²) in [6.07, 6.45) is 3.46. The lowest BCUT2D eigenvalue weighted by Crippen LogP contribution is -1.99. The SMILES string of the molecule is Fc1cccc(F)c1Nc1cccc(-n2cccn2)c1. The summed E-state index contributed by atoms with van der Waals surface area (Å²) in [5.41, 5.74) is 1.23. The number of nitrogens with zero attached hydrogens (tertiary/aromatic N) is 2. The first-order valence-corrected chi connectivity index (χ1v) is 6.05. The molecule has 0 spiro atoms. The summed E-state index contributed by atoms with van der Waals surface area (Å²) in [6.45, 7) is 0. The van der Waals surface area contributed by atoms with Crippen molar-refractivity contribution in [3.8, 4) is 5.69 Å². The minimum absolute atomic E-state index is 0.162. The predicted molar refractivity (Wildman–Crippen MR) is 73.2 cm³/mol. The van der Waals surface area contributed by atoms with Gasteiger partial charge in [-0.05, 0) is 36.4 Å². The van der Waals surface area contributed by atoms with Gasteiger partial charge in [0.1, 0.15) is 17.3 Å². The molecule has 3 nitrogen and oxygen atoms in total. The Morgan fingerprint density at radius 1 is 0.950 bits per heavy atom. The van der Waals surface area contributed by atoms with Crippen LogP contribution in [0.15, 0.2) is 60.9 Å². The highest BCUT2D eigenvalue weighted by molar-refractivity contribution is 5.63. The Balaban J connectivity index is 1.94. The van der Waals surface area contributed by atoms with Gasteiger partial charge >= 0.3 is 0 Å². The fraction of sp³-hybridized carbons (Fsp3) is 0. The van der Waals surface area contributed by atoms with E-state index in [1.54, 1.807) is 41.3 Å². The summed E-state index contributed by atoms with van der Waals surface area (Å²) in [6, 6.07) is 12.7. The fourth-order valence-corrected chi connectivity index (χ4v) is 1.91. The summed E-state index contributed by atoms with van der Waals surface area (Å²) in [7, 11) is 0. The van der Waals surface area contributed by atoms with Gasteiger partial charge in [0, 0.05) is 18.1 Å². The zero-order valence-corrected chi connectivity index (χ0v) is 10.4. The van der Waals surface area contributed by atoms with E-state index in [1.807, 2.05) is 6.07 Å². The van der Waals surface area contributed by atoms with E-state index in [9.17, 15) is 8.78 Å². The Kier molecular flexibility index (Phi) is 3.16. The maximum atomic E-state index is 13.6. The minimum Gasteiger partial charge on any atom is -0.351 e. The molecule has 1 N–H and O–H groups in total. The molecular weight excluding hydrogens is 260 g/mol. The van der Waals surface area contributed by atoms with E-state index in [4.69, 9.17) is 0 Å². The van der Waals surface area contributed by atoms with Crippen molar-refractivity contribution in [2.75, 3.05) is 5.32 Å². The molecule has 2 aromatic carbocycles. The van der Waals surface area contributed by atoms with Crippen molar-refractivity contribution in [3.05, 3.63) is 72.6 Å². The average molecular weight is 271 g/mol. The number of anilines is 2. The second-order valence-electron chi connectivity index (χ2n) is 4.22. The molecule has 0 radical (unpaired) electrons. The second kappa shape index (κ2) is 5.13. The van der Waals surface area contributed by atoms with Crippen LogP contribution < -0.4 is 5.32 Å². The molecule has 0 atom stereocenters. The summed E-state index contributed by atoms with van der Waals surface area (Å²) >= 11 is 0. The molecule has 0 aliphatic carbocycles. The van der Waals surface area contributed by atoms with E-state index in [0.717, 1.165) is 5.69 Å². The van der Waals surface area contributed by atoms with Gasteiger partial charge in [0.05, 0.1) is 5.69 Å². The molecule has 0 unspecified atom stereocenters. The van der Waals surface area contributed by atoms with Gasteiger partial charge in [0.15, 0.2) is 0 Å². The van der Waals surface area contributed by atoms with Crippen molar-refractivity contribution in [1.29, 1.82) is 0 Å². The molecule has 20 heavy (non-hydrogen) atoms. The third-order valence-electron chi connectivity index (χ3n) is 2.85. The van der Waals surface area contributed by atoms with Crippen LogP contribution in [0.25, 0.3) is 5.69 Å². The quantitative estimate of drug-likeness (QED) is 0.783. The van der Waals surface area contributed by atoms with Crippen LogP contribution in [0.2, 0.25) is 0 Å². The molecule has 0 fully saturated rings. The van der Waals surface area contributed by atoms with Crippen LogP contribution in [0.3, 0.4) is 0 Å². The third-order valence-corrected chi connectivity index (χ3v) is 2.85. The first-order valence-electron chi connectivity index (χ1n) is 6.05. The molecule has 0 aliphatic rings. The van der Waals surface area contributed by atoms with Gasteiger partial charge in [-0.3, -0.25) is 0 Å². The first kappa shape index (κ1) is 12.3. The molecule has 1 heterocycles. The number of aromatic nitrogens is 2. The second-order valence-corrected chi connectivity index (χ2v) is 4.22. The highest BCUT2D eigenvalue weighted by Gasteiger charge is 2.08. The Morgan fingerprint density at radius 2 is 1.70 bits per heavy atom. The van der Waals surface area contributed by atoms with Crippen molar-refractivity contribution < 1.29 is 8.78 Å². The van der Waals surface area contributed by atoms with Gasteiger partial charge in [-0.25, -0.2) is 13.5 Å². The Morgan fingerprint density at radius 3 is 2.40 bits per heavy atom. The van der Waals surface area contributed by atoms with Crippen LogP contribution in [-0.2, 0) is 0 Å². The highest BCUT2D eigenvalue weighted by Crippen LogP contribution is 2.24. The van der Waals surface area contributed by atoms with Gasteiger partial charge < -0.3 is 5.32 Å². The average Bonchev–Trinajstić information content (AvgIpc) is 2.98. The molecular formula is C15H11F2N3. The molecule has 0 aliphatic heterocycles. The summed E-state index contributed by atoms with van der Waals surface area (Å²) < 4.78 is 28.8. The molecule has 0 amide bonds. The smallest absolute Gasteiger partial charge is 0.149 e. The van der Waals surface area contributed by atoms with Crippen molar-refractivity contribution in [3.63, 3.8) is 0 Å². The number of hydrogen-bond donors (Lipinski definition) is 1. The zero-order valence-electron chi connectivity index (χ0n) is 10.4. The lowest BCUT2D eigenvalue weighted by Gasteiger charge is -2.10. The number of hydrogen-bond acceptors (Lipinski definition) is 2.